The third-order valence-electron chi connectivity index (χ3n) is 4.16. The molecule has 0 heterocycles. The summed E-state index contributed by atoms with van der Waals surface area (Å²) in [4.78, 5) is 35.7. The molecule has 0 spiro atoms. The first-order valence-electron chi connectivity index (χ1n) is 8.80. The van der Waals surface area contributed by atoms with Crippen LogP contribution in [0.2, 0.25) is 0 Å². The molecule has 0 atom stereocenters. The monoisotopic (exact) mass is 376 g/mol. The molecular formula is C22H20N2O4. The van der Waals surface area contributed by atoms with E-state index in [1.807, 2.05) is 42.5 Å². The zero-order valence-electron chi connectivity index (χ0n) is 15.4. The molecule has 3 aromatic carbocycles. The Kier molecular flexibility index (Phi) is 6.01. The third kappa shape index (κ3) is 4.94. The van der Waals surface area contributed by atoms with E-state index in [0.717, 1.165) is 16.3 Å². The fourth-order valence-corrected chi connectivity index (χ4v) is 2.79. The smallest absolute Gasteiger partial charge is 0.310 e. The summed E-state index contributed by atoms with van der Waals surface area (Å²) in [7, 11) is 1.53. The van der Waals surface area contributed by atoms with Crippen LogP contribution in [0.5, 0.6) is 0 Å². The highest BCUT2D eigenvalue weighted by Crippen LogP contribution is 2.16. The molecule has 6 nitrogen and oxygen atoms in total. The predicted octanol–water partition coefficient (Wildman–Crippen LogP) is 2.92. The van der Waals surface area contributed by atoms with E-state index in [4.69, 9.17) is 4.74 Å². The highest BCUT2D eigenvalue weighted by molar-refractivity contribution is 5.97. The number of hydrogen-bond donors (Lipinski definition) is 2. The van der Waals surface area contributed by atoms with E-state index in [0.29, 0.717) is 11.3 Å². The van der Waals surface area contributed by atoms with Gasteiger partial charge < -0.3 is 15.4 Å². The fourth-order valence-electron chi connectivity index (χ4n) is 2.79. The van der Waals surface area contributed by atoms with E-state index in [1.165, 1.54) is 7.05 Å². The highest BCUT2D eigenvalue weighted by atomic mass is 16.5. The van der Waals surface area contributed by atoms with Gasteiger partial charge in [-0.15, -0.1) is 0 Å². The number of anilines is 1. The normalized spacial score (nSPS) is 10.3. The Balaban J connectivity index is 1.52. The number of fused-ring (bicyclic) bond motifs is 1. The summed E-state index contributed by atoms with van der Waals surface area (Å²) in [6, 6.07) is 20.1. The first-order chi connectivity index (χ1) is 13.5. The highest BCUT2D eigenvalue weighted by Gasteiger charge is 2.10. The standard InChI is InChI=1S/C22H20N2O4/c1-23-22(27)18-7-4-8-19(13-18)24-20(25)14-28-21(26)12-15-9-10-16-5-2-3-6-17(16)11-15/h2-11,13H,12,14H2,1H3,(H,23,27)(H,24,25). The number of rotatable bonds is 6. The minimum absolute atomic E-state index is 0.0876. The molecule has 0 radical (unpaired) electrons. The Morgan fingerprint density at radius 2 is 1.68 bits per heavy atom. The van der Waals surface area contributed by atoms with Crippen molar-refractivity contribution in [3.8, 4) is 0 Å². The van der Waals surface area contributed by atoms with Gasteiger partial charge in [-0.05, 0) is 34.5 Å². The number of ether oxygens (including phenoxy) is 1. The molecule has 2 N–H and O–H groups in total. The topological polar surface area (TPSA) is 84.5 Å². The number of benzene rings is 3. The Morgan fingerprint density at radius 3 is 2.46 bits per heavy atom. The van der Waals surface area contributed by atoms with Gasteiger partial charge in [-0.3, -0.25) is 14.4 Å². The minimum atomic E-state index is -0.482. The van der Waals surface area contributed by atoms with Gasteiger partial charge in [0.05, 0.1) is 6.42 Å². The molecule has 6 heteroatoms. The van der Waals surface area contributed by atoms with Crippen LogP contribution >= 0.6 is 0 Å². The van der Waals surface area contributed by atoms with Crippen LogP contribution in [0.3, 0.4) is 0 Å². The zero-order chi connectivity index (χ0) is 19.9. The van der Waals surface area contributed by atoms with Gasteiger partial charge in [0.2, 0.25) is 0 Å². The van der Waals surface area contributed by atoms with E-state index in [9.17, 15) is 14.4 Å². The van der Waals surface area contributed by atoms with Crippen molar-refractivity contribution in [2.24, 2.45) is 0 Å². The molecule has 0 saturated heterocycles. The van der Waals surface area contributed by atoms with Crippen LogP contribution in [0.1, 0.15) is 15.9 Å². The van der Waals surface area contributed by atoms with E-state index < -0.39 is 18.5 Å². The molecule has 3 rings (SSSR count). The molecule has 28 heavy (non-hydrogen) atoms. The Bertz CT molecular complexity index is 1030. The van der Waals surface area contributed by atoms with Crippen molar-refractivity contribution in [1.29, 1.82) is 0 Å². The number of nitrogens with one attached hydrogen (secondary N) is 2. The lowest BCUT2D eigenvalue weighted by Gasteiger charge is -2.08. The van der Waals surface area contributed by atoms with E-state index in [2.05, 4.69) is 10.6 Å². The molecule has 0 bridgehead atoms. The van der Waals surface area contributed by atoms with E-state index in [1.54, 1.807) is 24.3 Å². The molecule has 0 fully saturated rings. The van der Waals surface area contributed by atoms with Crippen LogP contribution in [0.4, 0.5) is 5.69 Å². The maximum Gasteiger partial charge on any atom is 0.310 e. The number of hydrogen-bond acceptors (Lipinski definition) is 4. The third-order valence-corrected chi connectivity index (χ3v) is 4.16. The first-order valence-corrected chi connectivity index (χ1v) is 8.80. The largest absolute Gasteiger partial charge is 0.455 e. The van der Waals surface area contributed by atoms with Crippen molar-refractivity contribution in [2.75, 3.05) is 19.0 Å². The van der Waals surface area contributed by atoms with Crippen molar-refractivity contribution < 1.29 is 19.1 Å². The molecule has 0 aliphatic heterocycles. The summed E-state index contributed by atoms with van der Waals surface area (Å²) in [5.74, 6) is -1.21. The van der Waals surface area contributed by atoms with Crippen molar-refractivity contribution in [3.05, 3.63) is 77.9 Å². The van der Waals surface area contributed by atoms with Crippen LogP contribution in [-0.2, 0) is 20.7 Å². The second-order valence-corrected chi connectivity index (χ2v) is 6.23. The van der Waals surface area contributed by atoms with Gasteiger partial charge >= 0.3 is 5.97 Å². The molecule has 3 aromatic rings. The molecule has 0 saturated carbocycles. The number of carbonyl (C=O) groups is 3. The fraction of sp³-hybridized carbons (Fsp3) is 0.136. The van der Waals surface area contributed by atoms with Crippen LogP contribution in [0.25, 0.3) is 10.8 Å². The van der Waals surface area contributed by atoms with Crippen LogP contribution in [0, 0.1) is 0 Å². The summed E-state index contributed by atoms with van der Waals surface area (Å²) < 4.78 is 5.06. The first kappa shape index (κ1) is 19.1. The molecule has 2 amide bonds. The van der Waals surface area contributed by atoms with Gasteiger partial charge in [0.25, 0.3) is 11.8 Å². The number of carbonyl (C=O) groups excluding carboxylic acids is 3. The molecule has 0 aliphatic carbocycles. The summed E-state index contributed by atoms with van der Waals surface area (Å²) in [6.45, 7) is -0.392. The molecule has 0 aromatic heterocycles. The lowest BCUT2D eigenvalue weighted by atomic mass is 10.1. The SMILES string of the molecule is CNC(=O)c1cccc(NC(=O)COC(=O)Cc2ccc3ccccc3c2)c1. The quantitative estimate of drug-likeness (QED) is 0.648. The number of amides is 2. The zero-order valence-corrected chi connectivity index (χ0v) is 15.4. The molecule has 142 valence electrons. The lowest BCUT2D eigenvalue weighted by molar-refractivity contribution is -0.146. The van der Waals surface area contributed by atoms with Gasteiger partial charge in [0.15, 0.2) is 6.61 Å². The molecular weight excluding hydrogens is 356 g/mol. The Morgan fingerprint density at radius 1 is 0.893 bits per heavy atom. The Labute approximate surface area is 162 Å². The summed E-state index contributed by atoms with van der Waals surface area (Å²) in [5, 5.41) is 7.26. The number of esters is 1. The van der Waals surface area contributed by atoms with Crippen molar-refractivity contribution in [3.63, 3.8) is 0 Å². The Hall–Kier alpha value is -3.67. The maximum absolute atomic E-state index is 12.0. The predicted molar refractivity (Wildman–Crippen MR) is 107 cm³/mol. The van der Waals surface area contributed by atoms with Gasteiger partial charge in [0.1, 0.15) is 0 Å². The van der Waals surface area contributed by atoms with E-state index in [-0.39, 0.29) is 12.3 Å². The summed E-state index contributed by atoms with van der Waals surface area (Å²) >= 11 is 0. The summed E-state index contributed by atoms with van der Waals surface area (Å²) in [5.41, 5.74) is 1.70. The van der Waals surface area contributed by atoms with E-state index >= 15 is 0 Å². The van der Waals surface area contributed by atoms with Crippen molar-refractivity contribution in [1.82, 2.24) is 5.32 Å². The average Bonchev–Trinajstić information content (AvgIpc) is 2.72. The van der Waals surface area contributed by atoms with Crippen LogP contribution in [0.15, 0.2) is 66.7 Å². The van der Waals surface area contributed by atoms with Gasteiger partial charge in [-0.25, -0.2) is 0 Å². The van der Waals surface area contributed by atoms with Gasteiger partial charge in [-0.2, -0.15) is 0 Å². The average molecular weight is 376 g/mol. The van der Waals surface area contributed by atoms with Crippen LogP contribution < -0.4 is 10.6 Å². The van der Waals surface area contributed by atoms with Gasteiger partial charge in [0, 0.05) is 18.3 Å². The minimum Gasteiger partial charge on any atom is -0.455 e. The maximum atomic E-state index is 12.0. The second kappa shape index (κ2) is 8.81. The molecule has 0 unspecified atom stereocenters. The second-order valence-electron chi connectivity index (χ2n) is 6.23. The van der Waals surface area contributed by atoms with Crippen LogP contribution in [-0.4, -0.2) is 31.4 Å². The molecule has 0 aliphatic rings. The van der Waals surface area contributed by atoms with Crippen molar-refractivity contribution in [2.45, 2.75) is 6.42 Å². The lowest BCUT2D eigenvalue weighted by Crippen LogP contribution is -2.22. The van der Waals surface area contributed by atoms with Gasteiger partial charge in [-0.1, -0.05) is 48.5 Å². The van der Waals surface area contributed by atoms with Crippen molar-refractivity contribution >= 4 is 34.2 Å². The summed E-state index contributed by atoms with van der Waals surface area (Å²) in [6.07, 6.45) is 0.0876.